The largest absolute Gasteiger partial charge is 0.370 e. The number of carbonyl (C=O) groups excluding carboxylic acids is 5. The second-order valence-electron chi connectivity index (χ2n) is 9.75. The van der Waals surface area contributed by atoms with Crippen molar-refractivity contribution in [2.24, 2.45) is 5.73 Å². The molecule has 1 aliphatic rings. The molecule has 0 spiro atoms. The number of nitrogens with two attached hydrogens (primary N) is 1. The van der Waals surface area contributed by atoms with Gasteiger partial charge in [-0.25, -0.2) is 4.39 Å². The van der Waals surface area contributed by atoms with E-state index in [0.29, 0.717) is 12.1 Å². The van der Waals surface area contributed by atoms with Crippen LogP contribution in [-0.2, 0) is 16.1 Å². The van der Waals surface area contributed by atoms with Crippen LogP contribution in [-0.4, -0.2) is 35.6 Å². The highest BCUT2D eigenvalue weighted by Crippen LogP contribution is 2.37. The molecule has 212 valence electrons. The predicted octanol–water partition coefficient (Wildman–Crippen LogP) is 2.96. The molecule has 1 atom stereocenters. The predicted molar refractivity (Wildman–Crippen MR) is 153 cm³/mol. The topological polar surface area (TPSA) is 151 Å². The maximum Gasteiger partial charge on any atom is 0.269 e. The quantitative estimate of drug-likeness (QED) is 0.229. The Kier molecular flexibility index (Phi) is 7.91. The summed E-state index contributed by atoms with van der Waals surface area (Å²) < 4.78 is 13.2. The van der Waals surface area contributed by atoms with Crippen LogP contribution < -0.4 is 26.8 Å². The number of hydrazine groups is 1. The third-order valence-corrected chi connectivity index (χ3v) is 6.91. The Labute approximate surface area is 239 Å². The number of rotatable bonds is 9. The maximum absolute atomic E-state index is 13.2. The zero-order valence-electron chi connectivity index (χ0n) is 22.2. The monoisotopic (exact) mass is 567 g/mol. The molecule has 0 bridgehead atoms. The van der Waals surface area contributed by atoms with Crippen molar-refractivity contribution < 1.29 is 28.4 Å². The van der Waals surface area contributed by atoms with Gasteiger partial charge in [0.25, 0.3) is 23.6 Å². The summed E-state index contributed by atoms with van der Waals surface area (Å²) in [6.07, 6.45) is -0.318. The SMILES string of the molecule is NC(=O)CC[C@@H](NC(=O)c1ccc(F)cc1)C(=O)NNC(=O)c1ccc(CN2C(=O)c3cccc4cccc2c34)cc1. The van der Waals surface area contributed by atoms with Crippen LogP contribution >= 0.6 is 0 Å². The Morgan fingerprint density at radius 1 is 0.810 bits per heavy atom. The molecule has 0 aromatic heterocycles. The van der Waals surface area contributed by atoms with Gasteiger partial charge < -0.3 is 16.0 Å². The van der Waals surface area contributed by atoms with Gasteiger partial charge >= 0.3 is 0 Å². The van der Waals surface area contributed by atoms with Crippen LogP contribution in [0.25, 0.3) is 10.8 Å². The van der Waals surface area contributed by atoms with Gasteiger partial charge in [0.05, 0.1) is 12.2 Å². The average molecular weight is 568 g/mol. The molecule has 0 unspecified atom stereocenters. The molecule has 5 rings (SSSR count). The van der Waals surface area contributed by atoms with Crippen LogP contribution in [0, 0.1) is 5.82 Å². The van der Waals surface area contributed by atoms with Crippen LogP contribution in [0.5, 0.6) is 0 Å². The number of hydrogen-bond acceptors (Lipinski definition) is 5. The minimum atomic E-state index is -1.20. The number of nitrogens with one attached hydrogen (secondary N) is 3. The highest BCUT2D eigenvalue weighted by molar-refractivity contribution is 6.24. The molecule has 1 aliphatic heterocycles. The zero-order valence-corrected chi connectivity index (χ0v) is 22.2. The Balaban J connectivity index is 1.20. The molecule has 0 saturated heterocycles. The Hall–Kier alpha value is -5.58. The average Bonchev–Trinajstić information content (AvgIpc) is 3.26. The second kappa shape index (κ2) is 11.9. The summed E-state index contributed by atoms with van der Waals surface area (Å²) in [5.41, 5.74) is 12.4. The van der Waals surface area contributed by atoms with E-state index in [9.17, 15) is 28.4 Å². The van der Waals surface area contributed by atoms with Crippen molar-refractivity contribution in [3.63, 3.8) is 0 Å². The van der Waals surface area contributed by atoms with E-state index >= 15 is 0 Å². The highest BCUT2D eigenvalue weighted by atomic mass is 19.1. The number of primary amides is 1. The number of nitrogens with zero attached hydrogens (tertiary/aromatic N) is 1. The van der Waals surface area contributed by atoms with Gasteiger partial charge in [-0.05, 0) is 65.9 Å². The molecular formula is C31H26FN5O5. The van der Waals surface area contributed by atoms with E-state index in [-0.39, 0.29) is 29.9 Å². The van der Waals surface area contributed by atoms with Crippen LogP contribution in [0.3, 0.4) is 0 Å². The molecule has 42 heavy (non-hydrogen) atoms. The van der Waals surface area contributed by atoms with Crippen molar-refractivity contribution in [1.29, 1.82) is 0 Å². The second-order valence-corrected chi connectivity index (χ2v) is 9.75. The van der Waals surface area contributed by atoms with Gasteiger partial charge in [-0.15, -0.1) is 0 Å². The van der Waals surface area contributed by atoms with Crippen molar-refractivity contribution in [3.8, 4) is 0 Å². The van der Waals surface area contributed by atoms with E-state index in [0.717, 1.165) is 34.2 Å². The summed E-state index contributed by atoms with van der Waals surface area (Å²) in [5, 5.41) is 4.37. The molecule has 5 N–H and O–H groups in total. The van der Waals surface area contributed by atoms with Gasteiger partial charge in [0.15, 0.2) is 0 Å². The molecule has 5 amide bonds. The number of benzene rings is 4. The van der Waals surface area contributed by atoms with Crippen molar-refractivity contribution in [2.45, 2.75) is 25.4 Å². The normalized spacial score (nSPS) is 12.6. The van der Waals surface area contributed by atoms with Crippen molar-refractivity contribution >= 4 is 46.0 Å². The minimum absolute atomic E-state index is 0.0938. The molecule has 0 radical (unpaired) electrons. The van der Waals surface area contributed by atoms with Gasteiger partial charge in [-0.2, -0.15) is 0 Å². The van der Waals surface area contributed by atoms with Crippen LogP contribution in [0.15, 0.2) is 84.9 Å². The third kappa shape index (κ3) is 5.94. The van der Waals surface area contributed by atoms with Crippen molar-refractivity contribution in [2.75, 3.05) is 4.90 Å². The summed E-state index contributed by atoms with van der Waals surface area (Å²) >= 11 is 0. The number of anilines is 1. The Bertz CT molecular complexity index is 1700. The number of halogens is 1. The van der Waals surface area contributed by atoms with Crippen LogP contribution in [0.4, 0.5) is 10.1 Å². The minimum Gasteiger partial charge on any atom is -0.370 e. The number of hydrogen-bond donors (Lipinski definition) is 4. The molecule has 10 nitrogen and oxygen atoms in total. The molecule has 4 aromatic carbocycles. The first-order valence-electron chi connectivity index (χ1n) is 13.1. The van der Waals surface area contributed by atoms with Gasteiger partial charge in [0.1, 0.15) is 11.9 Å². The standard InChI is InChI=1S/C31H26FN5O5/c32-22-13-11-20(12-14-22)28(39)34-24(15-16-26(33)38)30(41)36-35-29(40)21-9-7-18(8-10-21)17-37-25-6-2-4-19-3-1-5-23(27(19)25)31(37)42/h1-14,24H,15-17H2,(H2,33,38)(H,34,39)(H,35,40)(H,36,41)/t24-/m1/s1. The van der Waals surface area contributed by atoms with Gasteiger partial charge in [-0.1, -0.05) is 36.4 Å². The van der Waals surface area contributed by atoms with E-state index in [4.69, 9.17) is 5.73 Å². The van der Waals surface area contributed by atoms with E-state index < -0.39 is 35.5 Å². The Morgan fingerprint density at radius 2 is 1.45 bits per heavy atom. The Morgan fingerprint density at radius 3 is 2.14 bits per heavy atom. The molecule has 0 aliphatic carbocycles. The lowest BCUT2D eigenvalue weighted by Crippen LogP contribution is -2.52. The van der Waals surface area contributed by atoms with Gasteiger partial charge in [-0.3, -0.25) is 34.8 Å². The maximum atomic E-state index is 13.2. The first-order chi connectivity index (χ1) is 20.2. The number of carbonyl (C=O) groups is 5. The molecule has 0 saturated carbocycles. The lowest BCUT2D eigenvalue weighted by molar-refractivity contribution is -0.124. The zero-order chi connectivity index (χ0) is 29.8. The van der Waals surface area contributed by atoms with E-state index in [2.05, 4.69) is 16.2 Å². The summed E-state index contributed by atoms with van der Waals surface area (Å²) in [7, 11) is 0. The van der Waals surface area contributed by atoms with E-state index in [1.165, 1.54) is 12.1 Å². The van der Waals surface area contributed by atoms with Gasteiger partial charge in [0.2, 0.25) is 5.91 Å². The van der Waals surface area contributed by atoms with Crippen molar-refractivity contribution in [1.82, 2.24) is 16.2 Å². The van der Waals surface area contributed by atoms with Crippen LogP contribution in [0.2, 0.25) is 0 Å². The van der Waals surface area contributed by atoms with Crippen LogP contribution in [0.1, 0.15) is 49.5 Å². The molecule has 4 aromatic rings. The molecule has 11 heteroatoms. The van der Waals surface area contributed by atoms with Crippen molar-refractivity contribution in [3.05, 3.63) is 113 Å². The smallest absolute Gasteiger partial charge is 0.269 e. The lowest BCUT2D eigenvalue weighted by atomic mass is 10.1. The summed E-state index contributed by atoms with van der Waals surface area (Å²) in [4.78, 5) is 64.0. The lowest BCUT2D eigenvalue weighted by Gasteiger charge is -2.19. The first kappa shape index (κ1) is 28.0. The summed E-state index contributed by atoms with van der Waals surface area (Å²) in [6.45, 7) is 0.306. The fraction of sp³-hybridized carbons (Fsp3) is 0.129. The highest BCUT2D eigenvalue weighted by Gasteiger charge is 2.29. The fourth-order valence-corrected chi connectivity index (χ4v) is 4.76. The van der Waals surface area contributed by atoms with E-state index in [1.54, 1.807) is 29.2 Å². The van der Waals surface area contributed by atoms with E-state index in [1.807, 2.05) is 36.4 Å². The summed E-state index contributed by atoms with van der Waals surface area (Å²) in [6, 6.07) is 21.4. The fourth-order valence-electron chi connectivity index (χ4n) is 4.76. The summed E-state index contributed by atoms with van der Waals surface area (Å²) in [5.74, 6) is -3.37. The molecular weight excluding hydrogens is 541 g/mol. The third-order valence-electron chi connectivity index (χ3n) is 6.91. The molecule has 1 heterocycles. The first-order valence-corrected chi connectivity index (χ1v) is 13.1. The van der Waals surface area contributed by atoms with Gasteiger partial charge in [0, 0.05) is 28.5 Å². The molecule has 0 fully saturated rings. The number of amides is 5.